The number of nitrogens with two attached hydrogens (primary N) is 1. The normalized spacial score (nSPS) is 23.9. The van der Waals surface area contributed by atoms with Crippen molar-refractivity contribution in [1.82, 2.24) is 0 Å². The molecule has 1 fully saturated rings. The van der Waals surface area contributed by atoms with Crippen LogP contribution < -0.4 is 10.5 Å². The third kappa shape index (κ3) is 3.37. The van der Waals surface area contributed by atoms with E-state index in [2.05, 4.69) is 0 Å². The van der Waals surface area contributed by atoms with E-state index in [1.807, 2.05) is 18.2 Å². The van der Waals surface area contributed by atoms with E-state index in [1.54, 1.807) is 7.11 Å². The highest BCUT2D eigenvalue weighted by molar-refractivity contribution is 6.32. The topological polar surface area (TPSA) is 44.5 Å². The van der Waals surface area contributed by atoms with Crippen molar-refractivity contribution in [2.24, 2.45) is 5.73 Å². The molecule has 1 saturated carbocycles. The Morgan fingerprint density at radius 3 is 2.78 bits per heavy atom. The number of methoxy groups -OCH3 is 1. The Balaban J connectivity index is 2.00. The van der Waals surface area contributed by atoms with Gasteiger partial charge in [-0.15, -0.1) is 0 Å². The van der Waals surface area contributed by atoms with Crippen molar-refractivity contribution in [1.29, 1.82) is 0 Å². The minimum absolute atomic E-state index is 0.199. The van der Waals surface area contributed by atoms with Crippen LogP contribution in [0.15, 0.2) is 18.2 Å². The Kier molecular flexibility index (Phi) is 4.87. The second-order valence-corrected chi connectivity index (χ2v) is 5.14. The van der Waals surface area contributed by atoms with E-state index in [4.69, 9.17) is 26.8 Å². The molecule has 3 nitrogen and oxygen atoms in total. The van der Waals surface area contributed by atoms with Crippen LogP contribution in [-0.4, -0.2) is 19.3 Å². The van der Waals surface area contributed by atoms with E-state index in [9.17, 15) is 0 Å². The van der Waals surface area contributed by atoms with Gasteiger partial charge in [0.05, 0.1) is 11.1 Å². The number of ether oxygens (including phenoxy) is 2. The van der Waals surface area contributed by atoms with Crippen molar-refractivity contribution < 1.29 is 9.47 Å². The summed E-state index contributed by atoms with van der Waals surface area (Å²) in [4.78, 5) is 0. The molecule has 0 aromatic heterocycles. The van der Waals surface area contributed by atoms with E-state index < -0.39 is 0 Å². The Hall–Kier alpha value is -0.770. The van der Waals surface area contributed by atoms with E-state index in [0.29, 0.717) is 17.7 Å². The largest absolute Gasteiger partial charge is 0.489 e. The molecule has 4 heteroatoms. The maximum absolute atomic E-state index is 6.19. The third-order valence-electron chi connectivity index (χ3n) is 3.44. The van der Waals surface area contributed by atoms with Gasteiger partial charge in [-0.2, -0.15) is 0 Å². The van der Waals surface area contributed by atoms with Gasteiger partial charge >= 0.3 is 0 Å². The van der Waals surface area contributed by atoms with Crippen LogP contribution in [0, 0.1) is 0 Å². The maximum atomic E-state index is 6.19. The zero-order valence-electron chi connectivity index (χ0n) is 10.7. The molecule has 2 unspecified atom stereocenters. The molecule has 2 atom stereocenters. The second kappa shape index (κ2) is 6.41. The first-order chi connectivity index (χ1) is 8.72. The van der Waals surface area contributed by atoms with Crippen LogP contribution in [0.3, 0.4) is 0 Å². The fraction of sp³-hybridized carbons (Fsp3) is 0.571. The molecule has 0 bridgehead atoms. The average Bonchev–Trinajstić information content (AvgIpc) is 2.41. The van der Waals surface area contributed by atoms with Gasteiger partial charge in [0.15, 0.2) is 0 Å². The molecule has 1 aromatic rings. The molecular formula is C14H20ClNO2. The molecule has 1 aliphatic rings. The Bertz CT molecular complexity index is 397. The predicted molar refractivity (Wildman–Crippen MR) is 73.0 cm³/mol. The van der Waals surface area contributed by atoms with Gasteiger partial charge in [-0.05, 0) is 37.0 Å². The molecule has 0 saturated heterocycles. The van der Waals surface area contributed by atoms with E-state index >= 15 is 0 Å². The Morgan fingerprint density at radius 1 is 1.33 bits per heavy atom. The van der Waals surface area contributed by atoms with E-state index in [-0.39, 0.29) is 6.10 Å². The Morgan fingerprint density at radius 2 is 2.11 bits per heavy atom. The highest BCUT2D eigenvalue weighted by atomic mass is 35.5. The van der Waals surface area contributed by atoms with Gasteiger partial charge in [-0.25, -0.2) is 0 Å². The fourth-order valence-corrected chi connectivity index (χ4v) is 2.62. The van der Waals surface area contributed by atoms with Gasteiger partial charge in [-0.1, -0.05) is 17.7 Å². The van der Waals surface area contributed by atoms with Crippen molar-refractivity contribution in [3.05, 3.63) is 28.8 Å². The van der Waals surface area contributed by atoms with E-state index in [1.165, 1.54) is 0 Å². The maximum Gasteiger partial charge on any atom is 0.138 e. The molecule has 18 heavy (non-hydrogen) atoms. The lowest BCUT2D eigenvalue weighted by Crippen LogP contribution is -2.29. The molecule has 1 aromatic carbocycles. The third-order valence-corrected chi connectivity index (χ3v) is 3.73. The summed E-state index contributed by atoms with van der Waals surface area (Å²) in [5, 5.41) is 0.637. The molecular weight excluding hydrogens is 250 g/mol. The number of hydrogen-bond acceptors (Lipinski definition) is 3. The molecule has 0 heterocycles. The van der Waals surface area contributed by atoms with Crippen molar-refractivity contribution in [3.63, 3.8) is 0 Å². The highest BCUT2D eigenvalue weighted by Crippen LogP contribution is 2.30. The lowest BCUT2D eigenvalue weighted by molar-refractivity contribution is 0.0210. The number of benzene rings is 1. The first-order valence-corrected chi connectivity index (χ1v) is 6.78. The van der Waals surface area contributed by atoms with Crippen LogP contribution in [-0.2, 0) is 11.3 Å². The zero-order valence-corrected chi connectivity index (χ0v) is 11.5. The van der Waals surface area contributed by atoms with Gasteiger partial charge < -0.3 is 15.2 Å². The minimum Gasteiger partial charge on any atom is -0.489 e. The molecule has 0 aliphatic heterocycles. The van der Waals surface area contributed by atoms with E-state index in [0.717, 1.165) is 37.0 Å². The van der Waals surface area contributed by atoms with Crippen LogP contribution >= 0.6 is 11.6 Å². The SMILES string of the molecule is COC1CCCC(Oc2ccc(CN)cc2Cl)C1. The van der Waals surface area contributed by atoms with Crippen LogP contribution in [0.5, 0.6) is 5.75 Å². The first kappa shape index (κ1) is 13.7. The fourth-order valence-electron chi connectivity index (χ4n) is 2.37. The second-order valence-electron chi connectivity index (χ2n) is 4.73. The van der Waals surface area contributed by atoms with Crippen molar-refractivity contribution >= 4 is 11.6 Å². The summed E-state index contributed by atoms with van der Waals surface area (Å²) < 4.78 is 11.4. The van der Waals surface area contributed by atoms with Gasteiger partial charge in [0.2, 0.25) is 0 Å². The Labute approximate surface area is 113 Å². The summed E-state index contributed by atoms with van der Waals surface area (Å²) in [5.41, 5.74) is 6.59. The summed E-state index contributed by atoms with van der Waals surface area (Å²) in [6, 6.07) is 5.73. The van der Waals surface area contributed by atoms with Crippen LogP contribution in [0.25, 0.3) is 0 Å². The summed E-state index contributed by atoms with van der Waals surface area (Å²) >= 11 is 6.19. The van der Waals surface area contributed by atoms with Crippen LogP contribution in [0.1, 0.15) is 31.2 Å². The predicted octanol–water partition coefficient (Wildman–Crippen LogP) is 3.14. The lowest BCUT2D eigenvalue weighted by atomic mass is 9.95. The molecule has 100 valence electrons. The molecule has 1 aliphatic carbocycles. The molecule has 2 rings (SSSR count). The molecule has 0 radical (unpaired) electrons. The summed E-state index contributed by atoms with van der Waals surface area (Å²) in [7, 11) is 1.76. The lowest BCUT2D eigenvalue weighted by Gasteiger charge is -2.29. The summed E-state index contributed by atoms with van der Waals surface area (Å²) in [6.07, 6.45) is 4.77. The standard InChI is InChI=1S/C14H20ClNO2/c1-17-11-3-2-4-12(8-11)18-14-6-5-10(9-16)7-13(14)15/h5-7,11-12H,2-4,8-9,16H2,1H3. The number of rotatable bonds is 4. The molecule has 0 amide bonds. The number of halogens is 1. The zero-order chi connectivity index (χ0) is 13.0. The summed E-state index contributed by atoms with van der Waals surface area (Å²) in [6.45, 7) is 0.495. The first-order valence-electron chi connectivity index (χ1n) is 6.41. The quantitative estimate of drug-likeness (QED) is 0.913. The van der Waals surface area contributed by atoms with Crippen LogP contribution in [0.2, 0.25) is 5.02 Å². The van der Waals surface area contributed by atoms with Crippen molar-refractivity contribution in [3.8, 4) is 5.75 Å². The molecule has 0 spiro atoms. The minimum atomic E-state index is 0.199. The monoisotopic (exact) mass is 269 g/mol. The smallest absolute Gasteiger partial charge is 0.138 e. The van der Waals surface area contributed by atoms with Gasteiger partial charge in [0.25, 0.3) is 0 Å². The van der Waals surface area contributed by atoms with Gasteiger partial charge in [0.1, 0.15) is 11.9 Å². The van der Waals surface area contributed by atoms with Crippen LogP contribution in [0.4, 0.5) is 0 Å². The number of hydrogen-bond donors (Lipinski definition) is 1. The van der Waals surface area contributed by atoms with Crippen molar-refractivity contribution in [2.45, 2.75) is 44.4 Å². The summed E-state index contributed by atoms with van der Waals surface area (Å²) in [5.74, 6) is 0.746. The average molecular weight is 270 g/mol. The highest BCUT2D eigenvalue weighted by Gasteiger charge is 2.23. The van der Waals surface area contributed by atoms with Gasteiger partial charge in [0, 0.05) is 20.1 Å². The molecule has 2 N–H and O–H groups in total. The van der Waals surface area contributed by atoms with Gasteiger partial charge in [-0.3, -0.25) is 0 Å². The van der Waals surface area contributed by atoms with Crippen molar-refractivity contribution in [2.75, 3.05) is 7.11 Å².